The minimum absolute atomic E-state index is 0.103. The molecule has 0 N–H and O–H groups in total. The van der Waals surface area contributed by atoms with E-state index in [1.807, 2.05) is 42.4 Å². The molecule has 1 aromatic rings. The molecule has 0 radical (unpaired) electrons. The predicted molar refractivity (Wildman–Crippen MR) is 412 cm³/mol. The van der Waals surface area contributed by atoms with Gasteiger partial charge >= 0.3 is 12.1 Å². The van der Waals surface area contributed by atoms with Crippen LogP contribution in [0.25, 0.3) is 0 Å². The van der Waals surface area contributed by atoms with Crippen molar-refractivity contribution in [1.82, 2.24) is 55.8 Å². The van der Waals surface area contributed by atoms with Crippen molar-refractivity contribution in [3.8, 4) is 0 Å². The second kappa shape index (κ2) is 41.7. The first-order valence-corrected chi connectivity index (χ1v) is 39.5. The van der Waals surface area contributed by atoms with Crippen LogP contribution >= 0.6 is 0 Å². The third kappa shape index (κ3) is 30.3. The van der Waals surface area contributed by atoms with E-state index in [0.29, 0.717) is 39.3 Å². The maximum atomic E-state index is 11.8. The zero-order valence-electron chi connectivity index (χ0n) is 66.4. The van der Waals surface area contributed by atoms with Crippen LogP contribution in [-0.4, -0.2) is 273 Å². The fraction of sp³-hybridized carbons (Fsp3) is 0.667. The number of likely N-dealkylation sites (N-methyl/N-ethyl adjacent to an activating group) is 1. The van der Waals surface area contributed by atoms with Gasteiger partial charge in [0.15, 0.2) is 0 Å². The molecular formula is C75H132N12O9S3. The maximum Gasteiger partial charge on any atom is 0.320 e. The van der Waals surface area contributed by atoms with Gasteiger partial charge in [0, 0.05) is 175 Å². The number of urea groups is 2. The van der Waals surface area contributed by atoms with Crippen molar-refractivity contribution in [2.75, 3.05) is 174 Å². The summed E-state index contributed by atoms with van der Waals surface area (Å²) in [5, 5.41) is 0. The van der Waals surface area contributed by atoms with E-state index in [1.54, 1.807) is 95.4 Å². The first-order chi connectivity index (χ1) is 45.7. The summed E-state index contributed by atoms with van der Waals surface area (Å²) in [6.45, 7) is 49.6. The molecule has 0 saturated carbocycles. The topological polar surface area (TPSA) is 193 Å². The lowest BCUT2D eigenvalue weighted by Gasteiger charge is -2.30. The van der Waals surface area contributed by atoms with Gasteiger partial charge in [0.2, 0.25) is 15.9 Å². The van der Waals surface area contributed by atoms with E-state index in [9.17, 15) is 39.6 Å². The van der Waals surface area contributed by atoms with Crippen LogP contribution in [0.15, 0.2) is 120 Å². The molecule has 0 bridgehead atoms. The Labute approximate surface area is 602 Å². The number of carbonyl (C=O) groups is 3. The standard InChI is InChI=1S/C14H19N.C10H18N2O.C9H18N2O2S.C9H16N2O.C9H15NO.C8H16N2O2S.C8H15NO2S.C8H15N/c1-12-8-9-15(10-13(12)2)11-14-6-4-3-5-7-14;1-8-5-6-12(7-9(8)2)10(13)11(3)4;1-8-5-6-11(7-9(8)2)14(12,13)10(3)4;1-7-5-11(6-8(7)2)9(12)10(3)4;1-7-4-5-10(9(3)11)6-8(7)2;1-7-5-10(6-8(7)2)13(11,12)9(3)4;1-7-4-5-9(6-8(7)2)12(3,10)11;1-7-4-5-9(3)6-8(7)2/h3-7H,8-11H2,1-2H3;5-7H2,1-4H3;5-7H2,1-4H3;5-6H2,1-4H3;4-6H2,1-3H3;5-6H2,1-4H3;4-6H2,1-3H3;4-6H2,1-3H3. The molecule has 1 aromatic carbocycles. The van der Waals surface area contributed by atoms with E-state index in [2.05, 4.69) is 130 Å². The Bertz CT molecular complexity index is 3480. The highest BCUT2D eigenvalue weighted by atomic mass is 32.2. The quantitative estimate of drug-likeness (QED) is 0.236. The van der Waals surface area contributed by atoms with E-state index in [0.717, 1.165) is 89.2 Å². The molecule has 0 unspecified atom stereocenters. The number of hydrogen-bond acceptors (Lipinski definition) is 11. The number of benzene rings is 1. The van der Waals surface area contributed by atoms with Crippen molar-refractivity contribution in [2.24, 2.45) is 0 Å². The zero-order chi connectivity index (χ0) is 75.8. The van der Waals surface area contributed by atoms with Gasteiger partial charge in [0.25, 0.3) is 20.4 Å². The van der Waals surface area contributed by atoms with Crippen LogP contribution in [0.3, 0.4) is 0 Å². The van der Waals surface area contributed by atoms with Crippen LogP contribution in [0.5, 0.6) is 0 Å². The monoisotopic (exact) mass is 1440 g/mol. The van der Waals surface area contributed by atoms with Crippen LogP contribution in [-0.2, 0) is 41.8 Å². The van der Waals surface area contributed by atoms with Gasteiger partial charge in [-0.2, -0.15) is 38.4 Å². The van der Waals surface area contributed by atoms with E-state index in [1.165, 1.54) is 122 Å². The highest BCUT2D eigenvalue weighted by Gasteiger charge is 2.30. The molecule has 8 heterocycles. The molecule has 0 aromatic heterocycles. The average Bonchev–Trinajstić information content (AvgIpc) is 1.81. The molecule has 21 nitrogen and oxygen atoms in total. The van der Waals surface area contributed by atoms with Crippen molar-refractivity contribution >= 4 is 48.4 Å². The molecule has 564 valence electrons. The lowest BCUT2D eigenvalue weighted by molar-refractivity contribution is -0.128. The molecule has 8 aliphatic heterocycles. The van der Waals surface area contributed by atoms with Crippen LogP contribution < -0.4 is 0 Å². The van der Waals surface area contributed by atoms with Crippen molar-refractivity contribution in [1.29, 1.82) is 0 Å². The predicted octanol–water partition coefficient (Wildman–Crippen LogP) is 11.8. The first kappa shape index (κ1) is 89.8. The second-order valence-electron chi connectivity index (χ2n) is 29.3. The zero-order valence-corrected chi connectivity index (χ0v) is 68.9. The van der Waals surface area contributed by atoms with Gasteiger partial charge in [0.1, 0.15) is 0 Å². The molecule has 0 aliphatic carbocycles. The summed E-state index contributed by atoms with van der Waals surface area (Å²) in [5.74, 6) is 0.192. The van der Waals surface area contributed by atoms with Crippen molar-refractivity contribution in [2.45, 2.75) is 163 Å². The Morgan fingerprint density at radius 2 is 0.657 bits per heavy atom. The summed E-state index contributed by atoms with van der Waals surface area (Å²) in [7, 11) is 6.15. The van der Waals surface area contributed by atoms with E-state index in [-0.39, 0.29) is 18.0 Å². The lowest BCUT2D eigenvalue weighted by atomic mass is 10.0. The van der Waals surface area contributed by atoms with Gasteiger partial charge < -0.3 is 29.4 Å². The summed E-state index contributed by atoms with van der Waals surface area (Å²) in [5.41, 5.74) is 23.2. The Morgan fingerprint density at radius 1 is 0.354 bits per heavy atom. The Morgan fingerprint density at radius 3 is 1.03 bits per heavy atom. The third-order valence-corrected chi connectivity index (χ3v) is 24.8. The maximum absolute atomic E-state index is 11.8. The summed E-state index contributed by atoms with van der Waals surface area (Å²) < 4.78 is 76.2. The number of hydrogen-bond donors (Lipinski definition) is 0. The fourth-order valence-corrected chi connectivity index (χ4v) is 14.4. The number of nitrogens with zero attached hydrogens (tertiary/aromatic N) is 12. The minimum Gasteiger partial charge on any atom is -0.339 e. The average molecular weight is 1440 g/mol. The number of rotatable bonds is 7. The van der Waals surface area contributed by atoms with Crippen LogP contribution in [0.4, 0.5) is 9.59 Å². The second-order valence-corrected chi connectivity index (χ2v) is 35.5. The van der Waals surface area contributed by atoms with Crippen LogP contribution in [0, 0.1) is 0 Å². The van der Waals surface area contributed by atoms with Gasteiger partial charge in [-0.3, -0.25) is 9.69 Å². The SMILES string of the molecule is CC(=O)N1CCC(C)=C(C)C1.CC1=C(C)CN(C(=O)N(C)C)C1.CC1=C(C)CN(C(=O)N(C)C)CC1.CC1=C(C)CN(C)CC1.CC1=C(C)CN(Cc2ccccc2)CC1.CC1=C(C)CN(S(=O)(=O)N(C)C)C1.CC1=C(C)CN(S(=O)(=O)N(C)C)CC1.CC1=C(C)CN(S(C)(=O)=O)CC1. The minimum atomic E-state index is -3.22. The Kier molecular flexibility index (Phi) is 37.9. The highest BCUT2D eigenvalue weighted by molar-refractivity contribution is 7.88. The van der Waals surface area contributed by atoms with Crippen LogP contribution in [0.1, 0.15) is 162 Å². The smallest absolute Gasteiger partial charge is 0.320 e. The van der Waals surface area contributed by atoms with E-state index < -0.39 is 30.4 Å². The molecule has 24 heteroatoms. The molecule has 8 aliphatic rings. The third-order valence-electron chi connectivity index (χ3n) is 19.9. The molecule has 5 amide bonds. The van der Waals surface area contributed by atoms with E-state index >= 15 is 0 Å². The fourth-order valence-electron chi connectivity index (χ4n) is 11.2. The number of sulfonamides is 1. The van der Waals surface area contributed by atoms with Crippen molar-refractivity contribution in [3.05, 3.63) is 125 Å². The molecule has 0 fully saturated rings. The number of amides is 5. The van der Waals surface area contributed by atoms with Gasteiger partial charge in [-0.05, 0) is 162 Å². The van der Waals surface area contributed by atoms with Crippen LogP contribution in [0.2, 0.25) is 0 Å². The Balaban J connectivity index is 0.000000386. The van der Waals surface area contributed by atoms with Gasteiger partial charge in [-0.25, -0.2) is 18.0 Å². The number of carbonyl (C=O) groups excluding carboxylic acids is 3. The molecule has 0 atom stereocenters. The van der Waals surface area contributed by atoms with Gasteiger partial charge in [-0.1, -0.05) is 120 Å². The molecular weight excluding hydrogens is 1310 g/mol. The molecule has 9 rings (SSSR count). The summed E-state index contributed by atoms with van der Waals surface area (Å²) in [4.78, 5) is 47.8. The van der Waals surface area contributed by atoms with Gasteiger partial charge in [0.05, 0.1) is 6.26 Å². The highest BCUT2D eigenvalue weighted by Crippen LogP contribution is 2.25. The summed E-state index contributed by atoms with van der Waals surface area (Å²) in [6.07, 6.45) is 7.55. The van der Waals surface area contributed by atoms with Gasteiger partial charge in [-0.15, -0.1) is 0 Å². The van der Waals surface area contributed by atoms with Crippen molar-refractivity contribution in [3.63, 3.8) is 0 Å². The first-order valence-electron chi connectivity index (χ1n) is 34.9. The molecule has 0 spiro atoms. The Hall–Kier alpha value is -5.28. The molecule has 0 saturated heterocycles. The summed E-state index contributed by atoms with van der Waals surface area (Å²) in [6, 6.07) is 11.0. The van der Waals surface area contributed by atoms with Crippen molar-refractivity contribution < 1.29 is 39.6 Å². The summed E-state index contributed by atoms with van der Waals surface area (Å²) >= 11 is 0. The molecule has 99 heavy (non-hydrogen) atoms. The van der Waals surface area contributed by atoms with E-state index in [4.69, 9.17) is 0 Å². The normalized spacial score (nSPS) is 19.6. The lowest BCUT2D eigenvalue weighted by Crippen LogP contribution is -2.43. The largest absolute Gasteiger partial charge is 0.339 e.